The van der Waals surface area contributed by atoms with Crippen molar-refractivity contribution in [3.63, 3.8) is 0 Å². The van der Waals surface area contributed by atoms with E-state index in [1.807, 2.05) is 12.1 Å². The van der Waals surface area contributed by atoms with Crippen molar-refractivity contribution >= 4 is 0 Å². The third-order valence-electron chi connectivity index (χ3n) is 3.11. The second-order valence-corrected chi connectivity index (χ2v) is 5.53. The van der Waals surface area contributed by atoms with Gasteiger partial charge >= 0.3 is 0 Å². The Morgan fingerprint density at radius 3 is 2.28 bits per heavy atom. The first-order chi connectivity index (χ1) is 8.39. The molecule has 3 heteroatoms. The Balaban J connectivity index is 2.47. The summed E-state index contributed by atoms with van der Waals surface area (Å²) in [5.41, 5.74) is 3.70. The van der Waals surface area contributed by atoms with Gasteiger partial charge in [-0.1, -0.05) is 45.0 Å². The van der Waals surface area contributed by atoms with Gasteiger partial charge in [-0.3, -0.25) is 4.79 Å². The molecule has 0 aliphatic heterocycles. The van der Waals surface area contributed by atoms with Gasteiger partial charge in [0.1, 0.15) is 0 Å². The van der Waals surface area contributed by atoms with Crippen LogP contribution in [0.1, 0.15) is 31.9 Å². The number of rotatable bonds is 1. The molecule has 2 rings (SSSR count). The van der Waals surface area contributed by atoms with E-state index in [9.17, 15) is 4.79 Å². The van der Waals surface area contributed by atoms with Crippen LogP contribution in [0.15, 0.2) is 35.4 Å². The van der Waals surface area contributed by atoms with Crippen LogP contribution in [-0.4, -0.2) is 9.97 Å². The van der Waals surface area contributed by atoms with Crippen LogP contribution in [-0.2, 0) is 5.41 Å². The van der Waals surface area contributed by atoms with Gasteiger partial charge in [0.2, 0.25) is 0 Å². The second-order valence-electron chi connectivity index (χ2n) is 5.53. The Labute approximate surface area is 107 Å². The number of aromatic nitrogens is 2. The fraction of sp³-hybridized carbons (Fsp3) is 0.333. The van der Waals surface area contributed by atoms with Crippen molar-refractivity contribution in [2.24, 2.45) is 0 Å². The van der Waals surface area contributed by atoms with Gasteiger partial charge in [0, 0.05) is 11.1 Å². The highest BCUT2D eigenvalue weighted by molar-refractivity contribution is 5.62. The number of aromatic amines is 1. The summed E-state index contributed by atoms with van der Waals surface area (Å²) in [5.74, 6) is 0. The van der Waals surface area contributed by atoms with E-state index >= 15 is 0 Å². The van der Waals surface area contributed by atoms with Crippen molar-refractivity contribution in [1.29, 1.82) is 0 Å². The number of H-pyrrole nitrogens is 1. The number of hydrogen-bond acceptors (Lipinski definition) is 2. The number of nitrogens with one attached hydrogen (secondary N) is 1. The van der Waals surface area contributed by atoms with Gasteiger partial charge in [0.05, 0.1) is 12.0 Å². The highest BCUT2D eigenvalue weighted by atomic mass is 16.1. The molecule has 2 aromatic rings. The van der Waals surface area contributed by atoms with Crippen molar-refractivity contribution in [1.82, 2.24) is 9.97 Å². The van der Waals surface area contributed by atoms with E-state index in [-0.39, 0.29) is 11.0 Å². The predicted molar refractivity (Wildman–Crippen MR) is 73.7 cm³/mol. The molecular formula is C15H18N2O. The van der Waals surface area contributed by atoms with Crippen molar-refractivity contribution < 1.29 is 0 Å². The molecule has 3 nitrogen and oxygen atoms in total. The molecule has 0 radical (unpaired) electrons. The normalized spacial score (nSPS) is 11.6. The van der Waals surface area contributed by atoms with Crippen LogP contribution in [0.3, 0.4) is 0 Å². The van der Waals surface area contributed by atoms with E-state index in [1.165, 1.54) is 11.9 Å². The van der Waals surface area contributed by atoms with Gasteiger partial charge in [0.25, 0.3) is 5.56 Å². The van der Waals surface area contributed by atoms with Crippen LogP contribution in [0.4, 0.5) is 0 Å². The summed E-state index contributed by atoms with van der Waals surface area (Å²) < 4.78 is 0. The molecule has 0 saturated heterocycles. The minimum Gasteiger partial charge on any atom is -0.313 e. The zero-order chi connectivity index (χ0) is 13.3. The molecule has 0 atom stereocenters. The summed E-state index contributed by atoms with van der Waals surface area (Å²) in [6.07, 6.45) is 1.45. The average molecular weight is 242 g/mol. The molecule has 0 saturated carbocycles. The lowest BCUT2D eigenvalue weighted by Crippen LogP contribution is -2.12. The molecule has 0 fully saturated rings. The predicted octanol–water partition coefficient (Wildman–Crippen LogP) is 3.04. The molecule has 0 spiro atoms. The maximum Gasteiger partial charge on any atom is 0.254 e. The SMILES string of the molecule is Cc1c(-c2ccc(C(C)(C)C)cc2)nc[nH]c1=O. The third-order valence-corrected chi connectivity index (χ3v) is 3.11. The maximum absolute atomic E-state index is 11.5. The smallest absolute Gasteiger partial charge is 0.254 e. The molecule has 0 unspecified atom stereocenters. The van der Waals surface area contributed by atoms with Crippen LogP contribution >= 0.6 is 0 Å². The highest BCUT2D eigenvalue weighted by Crippen LogP contribution is 2.25. The zero-order valence-electron chi connectivity index (χ0n) is 11.2. The van der Waals surface area contributed by atoms with E-state index in [1.54, 1.807) is 6.92 Å². The topological polar surface area (TPSA) is 45.8 Å². The van der Waals surface area contributed by atoms with Gasteiger partial charge in [0.15, 0.2) is 0 Å². The lowest BCUT2D eigenvalue weighted by molar-refractivity contribution is 0.590. The van der Waals surface area contributed by atoms with E-state index in [0.29, 0.717) is 5.56 Å². The summed E-state index contributed by atoms with van der Waals surface area (Å²) in [4.78, 5) is 18.4. The molecule has 1 aromatic carbocycles. The summed E-state index contributed by atoms with van der Waals surface area (Å²) >= 11 is 0. The van der Waals surface area contributed by atoms with Gasteiger partial charge < -0.3 is 4.98 Å². The maximum atomic E-state index is 11.5. The largest absolute Gasteiger partial charge is 0.313 e. The van der Waals surface area contributed by atoms with Gasteiger partial charge in [-0.05, 0) is 17.9 Å². The van der Waals surface area contributed by atoms with Gasteiger partial charge in [-0.25, -0.2) is 4.98 Å². The minimum atomic E-state index is -0.0834. The standard InChI is InChI=1S/C15H18N2O/c1-10-13(16-9-17-14(10)18)11-5-7-12(8-6-11)15(2,3)4/h5-9H,1-4H3,(H,16,17,18). The van der Waals surface area contributed by atoms with Crippen molar-refractivity contribution in [2.45, 2.75) is 33.1 Å². The molecule has 18 heavy (non-hydrogen) atoms. The first-order valence-electron chi connectivity index (χ1n) is 6.05. The number of hydrogen-bond donors (Lipinski definition) is 1. The Morgan fingerprint density at radius 2 is 1.72 bits per heavy atom. The third kappa shape index (κ3) is 2.35. The van der Waals surface area contributed by atoms with Crippen LogP contribution in [0.5, 0.6) is 0 Å². The molecule has 0 bridgehead atoms. The summed E-state index contributed by atoms with van der Waals surface area (Å²) in [6, 6.07) is 8.24. The van der Waals surface area contributed by atoms with E-state index in [0.717, 1.165) is 11.3 Å². The van der Waals surface area contributed by atoms with Crippen LogP contribution in [0, 0.1) is 6.92 Å². The number of nitrogens with zero attached hydrogens (tertiary/aromatic N) is 1. The fourth-order valence-corrected chi connectivity index (χ4v) is 1.89. The summed E-state index contributed by atoms with van der Waals surface area (Å²) in [7, 11) is 0. The molecule has 1 aromatic heterocycles. The number of benzene rings is 1. The van der Waals surface area contributed by atoms with E-state index in [4.69, 9.17) is 0 Å². The Kier molecular flexibility index (Phi) is 3.07. The zero-order valence-corrected chi connectivity index (χ0v) is 11.2. The van der Waals surface area contributed by atoms with Crippen molar-refractivity contribution in [3.8, 4) is 11.3 Å². The average Bonchev–Trinajstić information content (AvgIpc) is 2.32. The molecule has 0 aliphatic carbocycles. The van der Waals surface area contributed by atoms with E-state index < -0.39 is 0 Å². The minimum absolute atomic E-state index is 0.0834. The van der Waals surface area contributed by atoms with Crippen LogP contribution in [0.25, 0.3) is 11.3 Å². The Morgan fingerprint density at radius 1 is 1.11 bits per heavy atom. The molecule has 94 valence electrons. The van der Waals surface area contributed by atoms with Crippen molar-refractivity contribution in [3.05, 3.63) is 52.1 Å². The molecule has 0 amide bonds. The van der Waals surface area contributed by atoms with E-state index in [2.05, 4.69) is 42.9 Å². The highest BCUT2D eigenvalue weighted by Gasteiger charge is 2.14. The fourth-order valence-electron chi connectivity index (χ4n) is 1.89. The lowest BCUT2D eigenvalue weighted by atomic mass is 9.86. The first kappa shape index (κ1) is 12.6. The van der Waals surface area contributed by atoms with Gasteiger partial charge in [-0.15, -0.1) is 0 Å². The van der Waals surface area contributed by atoms with Crippen molar-refractivity contribution in [2.75, 3.05) is 0 Å². The lowest BCUT2D eigenvalue weighted by Gasteiger charge is -2.19. The van der Waals surface area contributed by atoms with Crippen LogP contribution in [0.2, 0.25) is 0 Å². The summed E-state index contributed by atoms with van der Waals surface area (Å²) in [6.45, 7) is 8.33. The first-order valence-corrected chi connectivity index (χ1v) is 6.05. The molecule has 1 N–H and O–H groups in total. The molecule has 1 heterocycles. The monoisotopic (exact) mass is 242 g/mol. The quantitative estimate of drug-likeness (QED) is 0.835. The molecule has 0 aliphatic rings. The Hall–Kier alpha value is -1.90. The Bertz CT molecular complexity index is 604. The molecular weight excluding hydrogens is 224 g/mol. The second kappa shape index (κ2) is 4.41. The van der Waals surface area contributed by atoms with Crippen LogP contribution < -0.4 is 5.56 Å². The summed E-state index contributed by atoms with van der Waals surface area (Å²) in [5, 5.41) is 0. The van der Waals surface area contributed by atoms with Gasteiger partial charge in [-0.2, -0.15) is 0 Å².